The molecule has 1 fully saturated rings. The molecule has 5 heteroatoms. The summed E-state index contributed by atoms with van der Waals surface area (Å²) in [6, 6.07) is -0.833. The normalized spacial score (nSPS) is 38.1. The Kier molecular flexibility index (Phi) is 2.66. The van der Waals surface area contributed by atoms with Crippen LogP contribution in [0.4, 0.5) is 0 Å². The second-order valence-electron chi connectivity index (χ2n) is 3.11. The van der Waals surface area contributed by atoms with Crippen molar-refractivity contribution in [3.05, 3.63) is 0 Å². The molecule has 0 spiro atoms. The van der Waals surface area contributed by atoms with Crippen LogP contribution in [0.15, 0.2) is 0 Å². The molecule has 0 saturated carbocycles. The monoisotopic (exact) mass is 175 g/mol. The Labute approximate surface area is 70.0 Å². The van der Waals surface area contributed by atoms with Crippen LogP contribution in [0.5, 0.6) is 0 Å². The van der Waals surface area contributed by atoms with Gasteiger partial charge in [-0.3, -0.25) is 4.79 Å². The number of aliphatic hydroxyl groups is 2. The minimum Gasteiger partial charge on any atom is -0.480 e. The Hall–Kier alpha value is -0.650. The van der Waals surface area contributed by atoms with Crippen molar-refractivity contribution in [1.82, 2.24) is 5.32 Å². The van der Waals surface area contributed by atoms with Gasteiger partial charge in [0.2, 0.25) is 0 Å². The summed E-state index contributed by atoms with van der Waals surface area (Å²) < 4.78 is 0. The zero-order chi connectivity index (χ0) is 9.30. The smallest absolute Gasteiger partial charge is 0.321 e. The van der Waals surface area contributed by atoms with Gasteiger partial charge in [0.05, 0.1) is 12.2 Å². The summed E-state index contributed by atoms with van der Waals surface area (Å²) >= 11 is 0. The first-order valence-electron chi connectivity index (χ1n) is 3.86. The maximum Gasteiger partial charge on any atom is 0.321 e. The van der Waals surface area contributed by atoms with Crippen molar-refractivity contribution in [3.63, 3.8) is 0 Å². The van der Waals surface area contributed by atoms with Gasteiger partial charge in [-0.15, -0.1) is 0 Å². The van der Waals surface area contributed by atoms with Gasteiger partial charge >= 0.3 is 5.97 Å². The van der Waals surface area contributed by atoms with Crippen molar-refractivity contribution < 1.29 is 20.1 Å². The quantitative estimate of drug-likeness (QED) is 0.406. The lowest BCUT2D eigenvalue weighted by Crippen LogP contribution is -2.41. The molecule has 0 amide bonds. The Morgan fingerprint density at radius 1 is 1.67 bits per heavy atom. The average molecular weight is 175 g/mol. The zero-order valence-electron chi connectivity index (χ0n) is 6.77. The van der Waals surface area contributed by atoms with Gasteiger partial charge in [0.25, 0.3) is 0 Å². The minimum absolute atomic E-state index is 0.229. The van der Waals surface area contributed by atoms with Crippen molar-refractivity contribution in [1.29, 1.82) is 0 Å². The number of carbonyl (C=O) groups is 1. The van der Waals surface area contributed by atoms with Crippen molar-refractivity contribution in [3.8, 4) is 0 Å². The number of hydrogen-bond acceptors (Lipinski definition) is 4. The van der Waals surface area contributed by atoms with E-state index in [4.69, 9.17) is 5.11 Å². The summed E-state index contributed by atoms with van der Waals surface area (Å²) in [7, 11) is 0. The van der Waals surface area contributed by atoms with E-state index in [1.807, 2.05) is 0 Å². The third-order valence-electron chi connectivity index (χ3n) is 2.20. The fraction of sp³-hybridized carbons (Fsp3) is 0.857. The van der Waals surface area contributed by atoms with Crippen LogP contribution in [0.3, 0.4) is 0 Å². The van der Waals surface area contributed by atoms with Gasteiger partial charge in [-0.25, -0.2) is 0 Å². The minimum atomic E-state index is -1.03. The Bertz CT molecular complexity index is 182. The predicted octanol–water partition coefficient (Wildman–Crippen LogP) is -1.60. The maximum absolute atomic E-state index is 10.6. The highest BCUT2D eigenvalue weighted by molar-refractivity contribution is 5.74. The number of β-amino-alcohol motifs (C(OH)–C–C–N with tert-alkyl or cyclic N) is 1. The summed E-state index contributed by atoms with van der Waals surface area (Å²) in [5, 5.41) is 29.8. The van der Waals surface area contributed by atoms with Crippen LogP contribution in [0, 0.1) is 5.92 Å². The van der Waals surface area contributed by atoms with Crippen molar-refractivity contribution in [2.45, 2.75) is 25.2 Å². The second kappa shape index (κ2) is 3.38. The predicted molar refractivity (Wildman–Crippen MR) is 40.6 cm³/mol. The SMILES string of the molecule is CC(O)C1C(O)CN[C@@H]1C(=O)O. The van der Waals surface area contributed by atoms with E-state index in [9.17, 15) is 15.0 Å². The number of aliphatic carboxylic acids is 1. The van der Waals surface area contributed by atoms with Gasteiger partial charge in [-0.1, -0.05) is 0 Å². The maximum atomic E-state index is 10.6. The lowest BCUT2D eigenvalue weighted by atomic mass is 9.93. The third kappa shape index (κ3) is 1.57. The Balaban J connectivity index is 2.70. The van der Waals surface area contributed by atoms with Gasteiger partial charge in [-0.2, -0.15) is 0 Å². The Morgan fingerprint density at radius 3 is 2.58 bits per heavy atom. The number of carboxylic acid groups (broad SMARTS) is 1. The third-order valence-corrected chi connectivity index (χ3v) is 2.20. The van der Waals surface area contributed by atoms with E-state index >= 15 is 0 Å². The lowest BCUT2D eigenvalue weighted by molar-refractivity contribution is -0.142. The van der Waals surface area contributed by atoms with Gasteiger partial charge < -0.3 is 20.6 Å². The number of hydrogen-bond donors (Lipinski definition) is 4. The molecule has 1 aliphatic heterocycles. The van der Waals surface area contributed by atoms with E-state index in [0.717, 1.165) is 0 Å². The van der Waals surface area contributed by atoms with Crippen molar-refractivity contribution >= 4 is 5.97 Å². The van der Waals surface area contributed by atoms with E-state index in [0.29, 0.717) is 0 Å². The molecule has 0 radical (unpaired) electrons. The van der Waals surface area contributed by atoms with E-state index in [-0.39, 0.29) is 6.54 Å². The fourth-order valence-corrected chi connectivity index (χ4v) is 1.59. The first-order chi connectivity index (χ1) is 5.54. The molecule has 1 rings (SSSR count). The van der Waals surface area contributed by atoms with E-state index in [1.54, 1.807) is 0 Å². The molecule has 1 aliphatic rings. The molecule has 70 valence electrons. The molecule has 0 aromatic heterocycles. The van der Waals surface area contributed by atoms with Crippen LogP contribution < -0.4 is 5.32 Å². The van der Waals surface area contributed by atoms with E-state index in [1.165, 1.54) is 6.92 Å². The second-order valence-corrected chi connectivity index (χ2v) is 3.11. The molecular formula is C7H13NO4. The largest absolute Gasteiger partial charge is 0.480 e. The molecule has 0 aromatic rings. The first-order valence-corrected chi connectivity index (χ1v) is 3.86. The summed E-state index contributed by atoms with van der Waals surface area (Å²) in [5.74, 6) is -1.64. The van der Waals surface area contributed by atoms with E-state index < -0.39 is 30.1 Å². The van der Waals surface area contributed by atoms with Crippen LogP contribution in [0.1, 0.15) is 6.92 Å². The fourth-order valence-electron chi connectivity index (χ4n) is 1.59. The van der Waals surface area contributed by atoms with Gasteiger partial charge in [0, 0.05) is 12.5 Å². The summed E-state index contributed by atoms with van der Waals surface area (Å²) in [5.41, 5.74) is 0. The number of rotatable bonds is 2. The number of nitrogens with one attached hydrogen (secondary N) is 1. The lowest BCUT2D eigenvalue weighted by Gasteiger charge is -2.20. The molecular weight excluding hydrogens is 162 g/mol. The van der Waals surface area contributed by atoms with Crippen LogP contribution in [-0.4, -0.2) is 46.1 Å². The molecule has 4 atom stereocenters. The summed E-state index contributed by atoms with van der Waals surface area (Å²) in [6.45, 7) is 1.71. The average Bonchev–Trinajstić information content (AvgIpc) is 2.30. The molecule has 1 saturated heterocycles. The van der Waals surface area contributed by atoms with Gasteiger partial charge in [0.1, 0.15) is 6.04 Å². The Morgan fingerprint density at radius 2 is 2.25 bits per heavy atom. The first kappa shape index (κ1) is 9.44. The summed E-state index contributed by atoms with van der Waals surface area (Å²) in [4.78, 5) is 10.6. The van der Waals surface area contributed by atoms with Crippen LogP contribution in [0.25, 0.3) is 0 Å². The molecule has 0 aliphatic carbocycles. The highest BCUT2D eigenvalue weighted by Gasteiger charge is 2.41. The standard InChI is InChI=1S/C7H13NO4/c1-3(9)5-4(10)2-8-6(5)7(11)12/h3-6,8-10H,2H2,1H3,(H,11,12)/t3?,4?,5?,6-/m0/s1. The molecule has 0 bridgehead atoms. The molecule has 12 heavy (non-hydrogen) atoms. The molecule has 0 aromatic carbocycles. The van der Waals surface area contributed by atoms with E-state index in [2.05, 4.69) is 5.32 Å². The number of aliphatic hydroxyl groups excluding tert-OH is 2. The highest BCUT2D eigenvalue weighted by atomic mass is 16.4. The van der Waals surface area contributed by atoms with Crippen LogP contribution in [0.2, 0.25) is 0 Å². The van der Waals surface area contributed by atoms with Crippen molar-refractivity contribution in [2.75, 3.05) is 6.54 Å². The van der Waals surface area contributed by atoms with Crippen LogP contribution in [-0.2, 0) is 4.79 Å². The molecule has 1 heterocycles. The van der Waals surface area contributed by atoms with Gasteiger partial charge in [0.15, 0.2) is 0 Å². The number of carboxylic acids is 1. The molecule has 4 N–H and O–H groups in total. The van der Waals surface area contributed by atoms with Gasteiger partial charge in [-0.05, 0) is 6.92 Å². The molecule has 3 unspecified atom stereocenters. The molecule has 5 nitrogen and oxygen atoms in total. The highest BCUT2D eigenvalue weighted by Crippen LogP contribution is 2.20. The summed E-state index contributed by atoms with van der Waals surface area (Å²) in [6.07, 6.45) is -1.58. The van der Waals surface area contributed by atoms with Crippen LogP contribution >= 0.6 is 0 Å². The zero-order valence-corrected chi connectivity index (χ0v) is 6.77. The van der Waals surface area contributed by atoms with Crippen molar-refractivity contribution in [2.24, 2.45) is 5.92 Å². The topological polar surface area (TPSA) is 89.8 Å².